The molecule has 0 aliphatic carbocycles. The van der Waals surface area contributed by atoms with E-state index in [9.17, 15) is 9.59 Å². The van der Waals surface area contributed by atoms with Gasteiger partial charge in [0.25, 0.3) is 0 Å². The van der Waals surface area contributed by atoms with Crippen molar-refractivity contribution in [3.05, 3.63) is 28.7 Å². The van der Waals surface area contributed by atoms with Crippen LogP contribution >= 0.6 is 11.3 Å². The molecular weight excluding hydrogens is 252 g/mol. The highest BCUT2D eigenvalue weighted by atomic mass is 32.1. The Bertz CT molecular complexity index is 508. The van der Waals surface area contributed by atoms with Gasteiger partial charge in [-0.1, -0.05) is 6.58 Å². The number of anilines is 1. The average molecular weight is 266 g/mol. The number of rotatable bonds is 3. The van der Waals surface area contributed by atoms with E-state index in [0.717, 1.165) is 23.4 Å². The molecule has 0 radical (unpaired) electrons. The molecule has 96 valence electrons. The van der Waals surface area contributed by atoms with Crippen molar-refractivity contribution in [1.82, 2.24) is 5.32 Å². The Labute approximate surface area is 109 Å². The number of nitrogens with one attached hydrogen (secondary N) is 2. The molecule has 0 fully saturated rings. The maximum Gasteiger partial charge on any atom is 0.341 e. The zero-order chi connectivity index (χ0) is 13.1. The van der Waals surface area contributed by atoms with Gasteiger partial charge in [0.2, 0.25) is 5.91 Å². The van der Waals surface area contributed by atoms with Gasteiger partial charge in [0, 0.05) is 11.4 Å². The molecule has 1 aliphatic heterocycles. The maximum atomic E-state index is 11.8. The first kappa shape index (κ1) is 12.8. The van der Waals surface area contributed by atoms with Gasteiger partial charge in [-0.3, -0.25) is 4.79 Å². The molecule has 0 spiro atoms. The SMILES string of the molecule is C=CC(=O)Nc1sc2c(c1C(=O)OC)CCNC2. The van der Waals surface area contributed by atoms with Crippen LogP contribution in [0, 0.1) is 0 Å². The lowest BCUT2D eigenvalue weighted by Crippen LogP contribution is -2.23. The number of amides is 1. The van der Waals surface area contributed by atoms with Gasteiger partial charge in [0.05, 0.1) is 12.7 Å². The summed E-state index contributed by atoms with van der Waals surface area (Å²) < 4.78 is 4.79. The van der Waals surface area contributed by atoms with Gasteiger partial charge in [-0.2, -0.15) is 0 Å². The molecule has 1 amide bonds. The van der Waals surface area contributed by atoms with Gasteiger partial charge < -0.3 is 15.4 Å². The van der Waals surface area contributed by atoms with Crippen LogP contribution in [0.5, 0.6) is 0 Å². The Hall–Kier alpha value is -1.66. The molecule has 0 saturated heterocycles. The minimum atomic E-state index is -0.409. The number of thiophene rings is 1. The Kier molecular flexibility index (Phi) is 3.78. The summed E-state index contributed by atoms with van der Waals surface area (Å²) >= 11 is 1.41. The van der Waals surface area contributed by atoms with Crippen molar-refractivity contribution in [3.8, 4) is 0 Å². The van der Waals surface area contributed by atoms with Crippen molar-refractivity contribution >= 4 is 28.2 Å². The van der Waals surface area contributed by atoms with Crippen molar-refractivity contribution < 1.29 is 14.3 Å². The number of methoxy groups -OCH3 is 1. The van der Waals surface area contributed by atoms with Crippen LogP contribution in [0.4, 0.5) is 5.00 Å². The topological polar surface area (TPSA) is 67.4 Å². The monoisotopic (exact) mass is 266 g/mol. The second kappa shape index (κ2) is 5.32. The van der Waals surface area contributed by atoms with Crippen LogP contribution in [0.25, 0.3) is 0 Å². The summed E-state index contributed by atoms with van der Waals surface area (Å²) in [4.78, 5) is 24.3. The van der Waals surface area contributed by atoms with Crippen LogP contribution in [-0.2, 0) is 22.5 Å². The summed E-state index contributed by atoms with van der Waals surface area (Å²) in [6.45, 7) is 4.94. The van der Waals surface area contributed by atoms with E-state index in [1.54, 1.807) is 0 Å². The molecule has 1 aromatic rings. The number of fused-ring (bicyclic) bond motifs is 1. The average Bonchev–Trinajstić information content (AvgIpc) is 2.75. The highest BCUT2D eigenvalue weighted by Crippen LogP contribution is 2.35. The maximum absolute atomic E-state index is 11.8. The zero-order valence-electron chi connectivity index (χ0n) is 10.0. The predicted molar refractivity (Wildman–Crippen MR) is 69.9 cm³/mol. The number of hydrogen-bond donors (Lipinski definition) is 2. The van der Waals surface area contributed by atoms with Crippen LogP contribution in [0.15, 0.2) is 12.7 Å². The van der Waals surface area contributed by atoms with Crippen LogP contribution in [0.3, 0.4) is 0 Å². The van der Waals surface area contributed by atoms with Gasteiger partial charge in [-0.05, 0) is 24.6 Å². The quantitative estimate of drug-likeness (QED) is 0.639. The van der Waals surface area contributed by atoms with Gasteiger partial charge in [0.1, 0.15) is 5.00 Å². The summed E-state index contributed by atoms with van der Waals surface area (Å²) in [6, 6.07) is 0. The van der Waals surface area contributed by atoms with E-state index >= 15 is 0 Å². The molecule has 0 atom stereocenters. The Morgan fingerprint density at radius 2 is 2.33 bits per heavy atom. The molecule has 0 saturated carbocycles. The van der Waals surface area contributed by atoms with Crippen LogP contribution in [-0.4, -0.2) is 25.5 Å². The number of carbonyl (C=O) groups is 2. The first-order chi connectivity index (χ1) is 8.67. The van der Waals surface area contributed by atoms with Gasteiger partial charge >= 0.3 is 5.97 Å². The first-order valence-corrected chi connectivity index (χ1v) is 6.36. The van der Waals surface area contributed by atoms with Crippen molar-refractivity contribution in [3.63, 3.8) is 0 Å². The third-order valence-corrected chi connectivity index (χ3v) is 3.89. The van der Waals surface area contributed by atoms with E-state index in [-0.39, 0.29) is 5.91 Å². The lowest BCUT2D eigenvalue weighted by atomic mass is 10.0. The molecule has 2 rings (SSSR count). The van der Waals surface area contributed by atoms with Gasteiger partial charge in [-0.25, -0.2) is 4.79 Å². The normalized spacial score (nSPS) is 13.6. The fourth-order valence-corrected chi connectivity index (χ4v) is 3.11. The van der Waals surface area contributed by atoms with E-state index < -0.39 is 5.97 Å². The van der Waals surface area contributed by atoms with Crippen LogP contribution < -0.4 is 10.6 Å². The van der Waals surface area contributed by atoms with Crippen molar-refractivity contribution in [2.24, 2.45) is 0 Å². The van der Waals surface area contributed by atoms with Gasteiger partial charge in [0.15, 0.2) is 0 Å². The molecule has 2 heterocycles. The number of esters is 1. The minimum absolute atomic E-state index is 0.327. The summed E-state index contributed by atoms with van der Waals surface area (Å²) in [5.74, 6) is -0.736. The van der Waals surface area contributed by atoms with E-state index in [0.29, 0.717) is 17.1 Å². The van der Waals surface area contributed by atoms with Crippen LogP contribution in [0.1, 0.15) is 20.8 Å². The fraction of sp³-hybridized carbons (Fsp3) is 0.333. The molecule has 0 bridgehead atoms. The van der Waals surface area contributed by atoms with E-state index in [4.69, 9.17) is 4.74 Å². The number of ether oxygens (including phenoxy) is 1. The summed E-state index contributed by atoms with van der Waals surface area (Å²) in [6.07, 6.45) is 1.94. The predicted octanol–water partition coefficient (Wildman–Crippen LogP) is 1.30. The van der Waals surface area contributed by atoms with Crippen molar-refractivity contribution in [2.75, 3.05) is 19.0 Å². The second-order valence-corrected chi connectivity index (χ2v) is 4.92. The third-order valence-electron chi connectivity index (χ3n) is 2.74. The molecule has 0 unspecified atom stereocenters. The Morgan fingerprint density at radius 1 is 1.56 bits per heavy atom. The molecule has 6 heteroatoms. The minimum Gasteiger partial charge on any atom is -0.465 e. The van der Waals surface area contributed by atoms with E-state index in [1.165, 1.54) is 24.5 Å². The highest BCUT2D eigenvalue weighted by molar-refractivity contribution is 7.17. The standard InChI is InChI=1S/C12H14N2O3S/c1-3-9(15)14-11-10(12(16)17-2)7-4-5-13-6-8(7)18-11/h3,13H,1,4-6H2,2H3,(H,14,15). The summed E-state index contributed by atoms with van der Waals surface area (Å²) in [5, 5.41) is 6.44. The molecule has 2 N–H and O–H groups in total. The largest absolute Gasteiger partial charge is 0.465 e. The number of carbonyl (C=O) groups excluding carboxylic acids is 2. The molecule has 1 aliphatic rings. The summed E-state index contributed by atoms with van der Waals surface area (Å²) in [7, 11) is 1.34. The molecule has 18 heavy (non-hydrogen) atoms. The zero-order valence-corrected chi connectivity index (χ0v) is 10.9. The summed E-state index contributed by atoms with van der Waals surface area (Å²) in [5.41, 5.74) is 1.46. The lowest BCUT2D eigenvalue weighted by Gasteiger charge is -2.13. The first-order valence-electron chi connectivity index (χ1n) is 5.54. The van der Waals surface area contributed by atoms with Crippen LogP contribution in [0.2, 0.25) is 0 Å². The molecular formula is C12H14N2O3S. The molecule has 0 aromatic carbocycles. The molecule has 1 aromatic heterocycles. The van der Waals surface area contributed by atoms with E-state index in [1.807, 2.05) is 0 Å². The van der Waals surface area contributed by atoms with Gasteiger partial charge in [-0.15, -0.1) is 11.3 Å². The Balaban J connectivity index is 2.44. The smallest absolute Gasteiger partial charge is 0.341 e. The number of hydrogen-bond acceptors (Lipinski definition) is 5. The van der Waals surface area contributed by atoms with E-state index in [2.05, 4.69) is 17.2 Å². The van der Waals surface area contributed by atoms with Crippen molar-refractivity contribution in [1.29, 1.82) is 0 Å². The Morgan fingerprint density at radius 3 is 3.00 bits per heavy atom. The third kappa shape index (κ3) is 2.30. The van der Waals surface area contributed by atoms with Crippen molar-refractivity contribution in [2.45, 2.75) is 13.0 Å². The second-order valence-electron chi connectivity index (χ2n) is 3.82. The fourth-order valence-electron chi connectivity index (χ4n) is 1.90. The molecule has 5 nitrogen and oxygen atoms in total. The highest BCUT2D eigenvalue weighted by Gasteiger charge is 2.26. The lowest BCUT2D eigenvalue weighted by molar-refractivity contribution is -0.111.